The van der Waals surface area contributed by atoms with Gasteiger partial charge < -0.3 is 9.64 Å². The van der Waals surface area contributed by atoms with E-state index in [0.717, 1.165) is 47.5 Å². The van der Waals surface area contributed by atoms with E-state index in [9.17, 15) is 4.79 Å². The van der Waals surface area contributed by atoms with Gasteiger partial charge in [0.05, 0.1) is 12.8 Å². The third kappa shape index (κ3) is 3.93. The fourth-order valence-electron chi connectivity index (χ4n) is 4.63. The zero-order valence-corrected chi connectivity index (χ0v) is 18.4. The summed E-state index contributed by atoms with van der Waals surface area (Å²) < 4.78 is 5.69. The minimum Gasteiger partial charge on any atom is -0.496 e. The molecule has 1 aliphatic heterocycles. The van der Waals surface area contributed by atoms with Crippen LogP contribution in [0.4, 0.5) is 0 Å². The molecule has 31 heavy (non-hydrogen) atoms. The van der Waals surface area contributed by atoms with E-state index in [-0.39, 0.29) is 5.91 Å². The highest BCUT2D eigenvalue weighted by atomic mass is 16.5. The van der Waals surface area contributed by atoms with Crippen LogP contribution in [0.25, 0.3) is 11.1 Å². The van der Waals surface area contributed by atoms with Crippen LogP contribution >= 0.6 is 0 Å². The van der Waals surface area contributed by atoms with Crippen LogP contribution in [0.2, 0.25) is 0 Å². The first kappa shape index (κ1) is 21.1. The standard InChI is InChI=1S/C26H29N3O2/c1-28(2)25(30)26(24-12-7-8-16-27-24)15-9-17-29(26)19-22-18-21(13-14-23(22)31-3)20-10-5-4-6-11-20/h4-8,10-14,16,18H,9,15,17,19H2,1-3H3/t26-/m0/s1. The quantitative estimate of drug-likeness (QED) is 0.601. The van der Waals surface area contributed by atoms with E-state index in [1.165, 1.54) is 0 Å². The van der Waals surface area contributed by atoms with Crippen molar-refractivity contribution in [2.45, 2.75) is 24.9 Å². The molecule has 2 heterocycles. The number of carbonyl (C=O) groups excluding carboxylic acids is 1. The van der Waals surface area contributed by atoms with E-state index in [4.69, 9.17) is 4.74 Å². The van der Waals surface area contributed by atoms with Crippen molar-refractivity contribution in [1.29, 1.82) is 0 Å². The number of likely N-dealkylation sites (tertiary alicyclic amines) is 1. The second-order valence-corrected chi connectivity index (χ2v) is 8.19. The zero-order chi connectivity index (χ0) is 21.8. The van der Waals surface area contributed by atoms with Gasteiger partial charge in [0.1, 0.15) is 11.3 Å². The molecule has 1 saturated heterocycles. The summed E-state index contributed by atoms with van der Waals surface area (Å²) in [4.78, 5) is 22.1. The molecule has 160 valence electrons. The summed E-state index contributed by atoms with van der Waals surface area (Å²) in [6.07, 6.45) is 3.46. The number of pyridine rings is 1. The summed E-state index contributed by atoms with van der Waals surface area (Å²) in [5.41, 5.74) is 3.41. The summed E-state index contributed by atoms with van der Waals surface area (Å²) in [5.74, 6) is 0.903. The predicted octanol–water partition coefficient (Wildman–Crippen LogP) is 4.34. The second kappa shape index (κ2) is 8.90. The molecule has 0 N–H and O–H groups in total. The molecule has 5 nitrogen and oxygen atoms in total. The summed E-state index contributed by atoms with van der Waals surface area (Å²) in [6, 6.07) is 22.4. The molecule has 1 fully saturated rings. The van der Waals surface area contributed by atoms with Crippen LogP contribution < -0.4 is 4.74 Å². The SMILES string of the molecule is COc1ccc(-c2ccccc2)cc1CN1CCC[C@@]1(C(=O)N(C)C)c1ccccn1. The van der Waals surface area contributed by atoms with E-state index in [1.54, 1.807) is 18.2 Å². The number of carbonyl (C=O) groups is 1. The normalized spacial score (nSPS) is 18.7. The van der Waals surface area contributed by atoms with Gasteiger partial charge in [-0.15, -0.1) is 0 Å². The fourth-order valence-corrected chi connectivity index (χ4v) is 4.63. The third-order valence-electron chi connectivity index (χ3n) is 6.10. The van der Waals surface area contributed by atoms with Gasteiger partial charge in [-0.05, 0) is 54.8 Å². The Balaban J connectivity index is 1.76. The van der Waals surface area contributed by atoms with Gasteiger partial charge in [0, 0.05) is 32.4 Å². The number of rotatable bonds is 6. The molecule has 5 heteroatoms. The average molecular weight is 416 g/mol. The number of nitrogens with zero attached hydrogens (tertiary/aromatic N) is 3. The molecular formula is C26H29N3O2. The Bertz CT molecular complexity index is 1040. The Hall–Kier alpha value is -3.18. The Morgan fingerprint density at radius 3 is 2.52 bits per heavy atom. The van der Waals surface area contributed by atoms with E-state index in [1.807, 2.05) is 56.6 Å². The Kier molecular flexibility index (Phi) is 6.05. The first-order chi connectivity index (χ1) is 15.1. The molecule has 2 aromatic carbocycles. The van der Waals surface area contributed by atoms with Gasteiger partial charge in [-0.1, -0.05) is 42.5 Å². The van der Waals surface area contributed by atoms with Crippen LogP contribution in [0.3, 0.4) is 0 Å². The fraction of sp³-hybridized carbons (Fsp3) is 0.308. The molecule has 3 aromatic rings. The van der Waals surface area contributed by atoms with Gasteiger partial charge in [-0.2, -0.15) is 0 Å². The maximum atomic E-state index is 13.5. The van der Waals surface area contributed by atoms with Crippen molar-refractivity contribution in [1.82, 2.24) is 14.8 Å². The molecular weight excluding hydrogens is 386 g/mol. The largest absolute Gasteiger partial charge is 0.496 e. The van der Waals surface area contributed by atoms with E-state index < -0.39 is 5.54 Å². The van der Waals surface area contributed by atoms with Crippen LogP contribution in [0, 0.1) is 0 Å². The molecule has 0 bridgehead atoms. The Morgan fingerprint density at radius 1 is 1.06 bits per heavy atom. The van der Waals surface area contributed by atoms with Crippen molar-refractivity contribution in [2.75, 3.05) is 27.7 Å². The highest BCUT2D eigenvalue weighted by Gasteiger charge is 2.50. The lowest BCUT2D eigenvalue weighted by Gasteiger charge is -2.38. The highest BCUT2D eigenvalue weighted by molar-refractivity contribution is 5.87. The van der Waals surface area contributed by atoms with Gasteiger partial charge in [-0.3, -0.25) is 14.7 Å². The van der Waals surface area contributed by atoms with Gasteiger partial charge in [0.2, 0.25) is 5.91 Å². The van der Waals surface area contributed by atoms with Crippen molar-refractivity contribution in [3.63, 3.8) is 0 Å². The van der Waals surface area contributed by atoms with E-state index in [0.29, 0.717) is 6.54 Å². The van der Waals surface area contributed by atoms with Crippen LogP contribution in [0.5, 0.6) is 5.75 Å². The molecule has 1 aliphatic rings. The van der Waals surface area contributed by atoms with Gasteiger partial charge in [-0.25, -0.2) is 0 Å². The van der Waals surface area contributed by atoms with Crippen molar-refractivity contribution >= 4 is 5.91 Å². The lowest BCUT2D eigenvalue weighted by atomic mass is 9.89. The van der Waals surface area contributed by atoms with E-state index in [2.05, 4.69) is 34.1 Å². The summed E-state index contributed by atoms with van der Waals surface area (Å²) >= 11 is 0. The van der Waals surface area contributed by atoms with Gasteiger partial charge >= 0.3 is 0 Å². The van der Waals surface area contributed by atoms with E-state index >= 15 is 0 Å². The van der Waals surface area contributed by atoms with Gasteiger partial charge in [0.25, 0.3) is 0 Å². The van der Waals surface area contributed by atoms with Crippen LogP contribution in [-0.4, -0.2) is 48.4 Å². The molecule has 0 radical (unpaired) electrons. The molecule has 1 amide bonds. The number of hydrogen-bond acceptors (Lipinski definition) is 4. The first-order valence-electron chi connectivity index (χ1n) is 10.7. The van der Waals surface area contributed by atoms with Crippen LogP contribution in [0.15, 0.2) is 72.9 Å². The number of ether oxygens (including phenoxy) is 1. The zero-order valence-electron chi connectivity index (χ0n) is 18.4. The van der Waals surface area contributed by atoms with Crippen LogP contribution in [-0.2, 0) is 16.9 Å². The third-order valence-corrected chi connectivity index (χ3v) is 6.10. The number of methoxy groups -OCH3 is 1. The smallest absolute Gasteiger partial charge is 0.248 e. The van der Waals surface area contributed by atoms with Gasteiger partial charge in [0.15, 0.2) is 0 Å². The Labute approximate surface area is 184 Å². The van der Waals surface area contributed by atoms with Crippen molar-refractivity contribution in [3.05, 3.63) is 84.2 Å². The monoisotopic (exact) mass is 415 g/mol. The number of amides is 1. The lowest BCUT2D eigenvalue weighted by molar-refractivity contribution is -0.141. The molecule has 0 saturated carbocycles. The van der Waals surface area contributed by atoms with Crippen LogP contribution in [0.1, 0.15) is 24.1 Å². The molecule has 0 unspecified atom stereocenters. The maximum Gasteiger partial charge on any atom is 0.248 e. The Morgan fingerprint density at radius 2 is 1.84 bits per heavy atom. The minimum atomic E-state index is -0.765. The number of likely N-dealkylation sites (N-methyl/N-ethyl adjacent to an activating group) is 1. The van der Waals surface area contributed by atoms with Crippen molar-refractivity contribution in [2.24, 2.45) is 0 Å². The molecule has 0 spiro atoms. The maximum absolute atomic E-state index is 13.5. The lowest BCUT2D eigenvalue weighted by Crippen LogP contribution is -2.52. The predicted molar refractivity (Wildman–Crippen MR) is 123 cm³/mol. The number of hydrogen-bond donors (Lipinski definition) is 0. The van der Waals surface area contributed by atoms with Crippen molar-refractivity contribution in [3.8, 4) is 16.9 Å². The summed E-state index contributed by atoms with van der Waals surface area (Å²) in [7, 11) is 5.34. The molecule has 1 aromatic heterocycles. The molecule has 0 aliphatic carbocycles. The first-order valence-corrected chi connectivity index (χ1v) is 10.7. The summed E-state index contributed by atoms with van der Waals surface area (Å²) in [6.45, 7) is 1.44. The number of benzene rings is 2. The molecule has 1 atom stereocenters. The molecule has 4 rings (SSSR count). The van der Waals surface area contributed by atoms with Crippen molar-refractivity contribution < 1.29 is 9.53 Å². The minimum absolute atomic E-state index is 0.0712. The average Bonchev–Trinajstić information content (AvgIpc) is 3.23. The second-order valence-electron chi connectivity index (χ2n) is 8.19. The highest BCUT2D eigenvalue weighted by Crippen LogP contribution is 2.41. The summed E-state index contributed by atoms with van der Waals surface area (Å²) in [5, 5.41) is 0. The topological polar surface area (TPSA) is 45.7 Å². The number of aromatic nitrogens is 1.